The lowest BCUT2D eigenvalue weighted by atomic mass is 9.87. The minimum absolute atomic E-state index is 0.169. The van der Waals surface area contributed by atoms with Crippen molar-refractivity contribution in [1.82, 2.24) is 0 Å². The van der Waals surface area contributed by atoms with Crippen LogP contribution in [0.4, 0.5) is 0 Å². The van der Waals surface area contributed by atoms with E-state index in [1.54, 1.807) is 11.8 Å². The zero-order valence-corrected chi connectivity index (χ0v) is 13.9. The Morgan fingerprint density at radius 3 is 2.05 bits per heavy atom. The van der Waals surface area contributed by atoms with Gasteiger partial charge in [0.25, 0.3) is 0 Å². The molecule has 2 N–H and O–H groups in total. The number of hydrogen-bond donors (Lipinski definition) is 1. The molecule has 1 aromatic rings. The summed E-state index contributed by atoms with van der Waals surface area (Å²) in [5, 5.41) is 0. The molecule has 0 spiro atoms. The smallest absolute Gasteiger partial charge is 0.244 e. The first-order valence-corrected chi connectivity index (χ1v) is 7.75. The summed E-state index contributed by atoms with van der Waals surface area (Å²) in [5.41, 5.74) is 6.99. The predicted octanol–water partition coefficient (Wildman–Crippen LogP) is 4.14. The van der Waals surface area contributed by atoms with Gasteiger partial charge in [0.15, 0.2) is 0 Å². The van der Waals surface area contributed by atoms with E-state index in [1.165, 1.54) is 10.5 Å². The fraction of sp³-hybridized carbons (Fsp3) is 0.471. The Morgan fingerprint density at radius 2 is 1.65 bits per heavy atom. The summed E-state index contributed by atoms with van der Waals surface area (Å²) in [6, 6.07) is 8.60. The van der Waals surface area contributed by atoms with Gasteiger partial charge in [0, 0.05) is 21.6 Å². The molecule has 0 radical (unpaired) electrons. The number of thioether (sulfide) groups is 1. The Bertz CT molecular complexity index is 495. The molecule has 0 aliphatic heterocycles. The van der Waals surface area contributed by atoms with Gasteiger partial charge in [-0.1, -0.05) is 53.3 Å². The molecule has 0 fully saturated rings. The van der Waals surface area contributed by atoms with Crippen LogP contribution in [0.15, 0.2) is 41.3 Å². The van der Waals surface area contributed by atoms with Crippen LogP contribution in [0.2, 0.25) is 0 Å². The number of carbonyl (C=O) groups excluding carboxylic acids is 1. The third kappa shape index (κ3) is 4.41. The maximum absolute atomic E-state index is 11.2. The normalized spacial score (nSPS) is 12.2. The summed E-state index contributed by atoms with van der Waals surface area (Å²) >= 11 is 1.72. The molecule has 1 aromatic carbocycles. The van der Waals surface area contributed by atoms with Gasteiger partial charge >= 0.3 is 0 Å². The Kier molecular flexibility index (Phi) is 5.09. The van der Waals surface area contributed by atoms with E-state index in [0.29, 0.717) is 5.57 Å². The maximum atomic E-state index is 11.2. The average Bonchev–Trinajstić information content (AvgIpc) is 2.35. The van der Waals surface area contributed by atoms with Crippen LogP contribution in [0.3, 0.4) is 0 Å². The molecule has 0 aliphatic rings. The molecule has 0 saturated heterocycles. The van der Waals surface area contributed by atoms with Crippen molar-refractivity contribution in [3.05, 3.63) is 42.0 Å². The van der Waals surface area contributed by atoms with Gasteiger partial charge < -0.3 is 5.73 Å². The second-order valence-corrected chi connectivity index (χ2v) is 7.84. The van der Waals surface area contributed by atoms with E-state index in [2.05, 4.69) is 51.6 Å². The van der Waals surface area contributed by atoms with Crippen LogP contribution in [-0.4, -0.2) is 11.7 Å². The van der Waals surface area contributed by atoms with Gasteiger partial charge in [0.2, 0.25) is 5.91 Å². The number of benzene rings is 1. The SMILES string of the molecule is C=C(C(N)=O)C(C)(C)CSc1ccc(C(C)(C)C)cc1. The molecule has 0 heterocycles. The van der Waals surface area contributed by atoms with E-state index in [1.807, 2.05) is 13.8 Å². The van der Waals surface area contributed by atoms with Crippen molar-refractivity contribution >= 4 is 17.7 Å². The summed E-state index contributed by atoms with van der Waals surface area (Å²) < 4.78 is 0. The Morgan fingerprint density at radius 1 is 1.15 bits per heavy atom. The predicted molar refractivity (Wildman–Crippen MR) is 88.0 cm³/mol. The van der Waals surface area contributed by atoms with Crippen LogP contribution < -0.4 is 5.73 Å². The minimum atomic E-state index is -0.418. The average molecular weight is 291 g/mol. The maximum Gasteiger partial charge on any atom is 0.244 e. The van der Waals surface area contributed by atoms with Gasteiger partial charge in [-0.2, -0.15) is 0 Å². The first kappa shape index (κ1) is 16.8. The highest BCUT2D eigenvalue weighted by atomic mass is 32.2. The van der Waals surface area contributed by atoms with Crippen molar-refractivity contribution in [3.63, 3.8) is 0 Å². The molecule has 0 unspecified atom stereocenters. The van der Waals surface area contributed by atoms with E-state index in [-0.39, 0.29) is 10.8 Å². The van der Waals surface area contributed by atoms with Gasteiger partial charge in [0.05, 0.1) is 0 Å². The molecule has 0 saturated carbocycles. The number of hydrogen-bond acceptors (Lipinski definition) is 2. The quantitative estimate of drug-likeness (QED) is 0.654. The number of rotatable bonds is 5. The number of primary amides is 1. The molecule has 0 bridgehead atoms. The summed E-state index contributed by atoms with van der Waals surface area (Å²) in [7, 11) is 0. The van der Waals surface area contributed by atoms with Crippen molar-refractivity contribution in [1.29, 1.82) is 0 Å². The Hall–Kier alpha value is -1.22. The van der Waals surface area contributed by atoms with Crippen LogP contribution in [0, 0.1) is 5.41 Å². The standard InChI is InChI=1S/C17H25NOS/c1-12(15(18)19)17(5,6)11-20-14-9-7-13(8-10-14)16(2,3)4/h7-10H,1,11H2,2-6H3,(H2,18,19). The molecule has 3 heteroatoms. The van der Waals surface area contributed by atoms with Gasteiger partial charge in [0.1, 0.15) is 0 Å². The van der Waals surface area contributed by atoms with Crippen LogP contribution in [-0.2, 0) is 10.2 Å². The minimum Gasteiger partial charge on any atom is -0.366 e. The van der Waals surface area contributed by atoms with E-state index < -0.39 is 5.91 Å². The molecule has 0 atom stereocenters. The highest BCUT2D eigenvalue weighted by Gasteiger charge is 2.25. The molecular weight excluding hydrogens is 266 g/mol. The molecule has 1 rings (SSSR count). The molecule has 0 aliphatic carbocycles. The Balaban J connectivity index is 2.71. The molecular formula is C17H25NOS. The number of nitrogens with two attached hydrogens (primary N) is 1. The van der Waals surface area contributed by atoms with Gasteiger partial charge in [-0.05, 0) is 23.1 Å². The van der Waals surface area contributed by atoms with Gasteiger partial charge in [-0.3, -0.25) is 4.79 Å². The second kappa shape index (κ2) is 6.04. The third-order valence-electron chi connectivity index (χ3n) is 3.43. The van der Waals surface area contributed by atoms with Crippen LogP contribution >= 0.6 is 11.8 Å². The first-order valence-electron chi connectivity index (χ1n) is 6.76. The lowest BCUT2D eigenvalue weighted by Gasteiger charge is -2.25. The van der Waals surface area contributed by atoms with Gasteiger partial charge in [-0.15, -0.1) is 11.8 Å². The molecule has 0 aromatic heterocycles. The summed E-state index contributed by atoms with van der Waals surface area (Å²) in [6.45, 7) is 14.4. The molecule has 1 amide bonds. The number of carbonyl (C=O) groups is 1. The third-order valence-corrected chi connectivity index (χ3v) is 4.91. The lowest BCUT2D eigenvalue weighted by Crippen LogP contribution is -2.27. The van der Waals surface area contributed by atoms with Crippen molar-refractivity contribution in [2.45, 2.75) is 44.9 Å². The van der Waals surface area contributed by atoms with Crippen molar-refractivity contribution in [2.75, 3.05) is 5.75 Å². The second-order valence-electron chi connectivity index (χ2n) is 6.79. The highest BCUT2D eigenvalue weighted by Crippen LogP contribution is 2.33. The fourth-order valence-corrected chi connectivity index (χ4v) is 2.77. The summed E-state index contributed by atoms with van der Waals surface area (Å²) in [6.07, 6.45) is 0. The van der Waals surface area contributed by atoms with Crippen LogP contribution in [0.1, 0.15) is 40.2 Å². The number of amides is 1. The Labute approximate surface area is 126 Å². The van der Waals surface area contributed by atoms with E-state index in [9.17, 15) is 4.79 Å². The fourth-order valence-electron chi connectivity index (χ4n) is 1.74. The molecule has 2 nitrogen and oxygen atoms in total. The van der Waals surface area contributed by atoms with Crippen molar-refractivity contribution in [3.8, 4) is 0 Å². The van der Waals surface area contributed by atoms with Crippen LogP contribution in [0.5, 0.6) is 0 Å². The monoisotopic (exact) mass is 291 g/mol. The molecule has 20 heavy (non-hydrogen) atoms. The van der Waals surface area contributed by atoms with E-state index in [4.69, 9.17) is 5.73 Å². The largest absolute Gasteiger partial charge is 0.366 e. The summed E-state index contributed by atoms with van der Waals surface area (Å²) in [4.78, 5) is 12.4. The lowest BCUT2D eigenvalue weighted by molar-refractivity contribution is -0.115. The van der Waals surface area contributed by atoms with Gasteiger partial charge in [-0.25, -0.2) is 0 Å². The van der Waals surface area contributed by atoms with E-state index in [0.717, 1.165) is 5.75 Å². The topological polar surface area (TPSA) is 43.1 Å². The van der Waals surface area contributed by atoms with E-state index >= 15 is 0 Å². The highest BCUT2D eigenvalue weighted by molar-refractivity contribution is 7.99. The zero-order chi connectivity index (χ0) is 15.6. The zero-order valence-electron chi connectivity index (χ0n) is 13.1. The first-order chi connectivity index (χ1) is 9.04. The summed E-state index contributed by atoms with van der Waals surface area (Å²) in [5.74, 6) is 0.363. The molecule has 110 valence electrons. The van der Waals surface area contributed by atoms with Crippen LogP contribution in [0.25, 0.3) is 0 Å². The van der Waals surface area contributed by atoms with Crippen molar-refractivity contribution < 1.29 is 4.79 Å². The van der Waals surface area contributed by atoms with Crippen molar-refractivity contribution in [2.24, 2.45) is 11.1 Å².